The largest absolute Gasteiger partial charge is 0.343 e. The quantitative estimate of drug-likeness (QED) is 0.843. The number of carbonyl (C=O) groups is 1. The van der Waals surface area contributed by atoms with Crippen LogP contribution in [0, 0.1) is 0 Å². The van der Waals surface area contributed by atoms with Crippen LogP contribution in [0.3, 0.4) is 0 Å². The van der Waals surface area contributed by atoms with Crippen molar-refractivity contribution in [2.75, 3.05) is 5.75 Å². The summed E-state index contributed by atoms with van der Waals surface area (Å²) in [4.78, 5) is 26.1. The van der Waals surface area contributed by atoms with Gasteiger partial charge in [0, 0.05) is 18.6 Å². The number of H-pyrrole nitrogens is 1. The van der Waals surface area contributed by atoms with Gasteiger partial charge in [-0.25, -0.2) is 9.89 Å². The van der Waals surface area contributed by atoms with Crippen molar-refractivity contribution in [1.29, 1.82) is 0 Å². The minimum atomic E-state index is -0.202. The Morgan fingerprint density at radius 2 is 2.05 bits per heavy atom. The smallest absolute Gasteiger partial charge is 0.337 e. The molecule has 0 unspecified atom stereocenters. The SMILES string of the molecule is CCCn1c(SCC(=O)N2[C@H](C)CCC[C@H]2C)n[nH]c1=O. The summed E-state index contributed by atoms with van der Waals surface area (Å²) in [7, 11) is 0. The molecule has 0 aliphatic carbocycles. The molecular weight excluding hydrogens is 288 g/mol. The Kier molecular flexibility index (Phi) is 5.50. The average Bonchev–Trinajstić information content (AvgIpc) is 2.78. The van der Waals surface area contributed by atoms with E-state index in [1.54, 1.807) is 4.57 Å². The van der Waals surface area contributed by atoms with Gasteiger partial charge in [-0.05, 0) is 39.5 Å². The van der Waals surface area contributed by atoms with Crippen LogP contribution in [0.25, 0.3) is 0 Å². The highest BCUT2D eigenvalue weighted by molar-refractivity contribution is 7.99. The fourth-order valence-electron chi connectivity index (χ4n) is 2.95. The number of amides is 1. The Bertz CT molecular complexity index is 529. The molecule has 1 aromatic rings. The first kappa shape index (κ1) is 16.1. The molecule has 0 spiro atoms. The highest BCUT2D eigenvalue weighted by atomic mass is 32.2. The van der Waals surface area contributed by atoms with Gasteiger partial charge in [-0.2, -0.15) is 0 Å². The standard InChI is InChI=1S/C14H24N4O2S/c1-4-8-17-13(20)15-16-14(17)21-9-12(19)18-10(2)6-5-7-11(18)3/h10-11H,4-9H2,1-3H3,(H,15,20)/t10-,11-/m1/s1. The first-order valence-electron chi connectivity index (χ1n) is 7.63. The van der Waals surface area contributed by atoms with Crippen LogP contribution in [0.1, 0.15) is 46.5 Å². The minimum absolute atomic E-state index is 0.137. The molecule has 1 aliphatic heterocycles. The van der Waals surface area contributed by atoms with Gasteiger partial charge in [-0.15, -0.1) is 5.10 Å². The van der Waals surface area contributed by atoms with Crippen LogP contribution in [0.4, 0.5) is 0 Å². The minimum Gasteiger partial charge on any atom is -0.337 e. The monoisotopic (exact) mass is 312 g/mol. The van der Waals surface area contributed by atoms with Crippen LogP contribution in [-0.2, 0) is 11.3 Å². The lowest BCUT2D eigenvalue weighted by molar-refractivity contribution is -0.134. The van der Waals surface area contributed by atoms with Crippen molar-refractivity contribution in [3.8, 4) is 0 Å². The normalized spacial score (nSPS) is 22.5. The molecule has 0 radical (unpaired) electrons. The molecule has 0 saturated carbocycles. The van der Waals surface area contributed by atoms with Gasteiger partial charge < -0.3 is 4.90 Å². The van der Waals surface area contributed by atoms with Crippen LogP contribution >= 0.6 is 11.8 Å². The Morgan fingerprint density at radius 1 is 1.38 bits per heavy atom. The van der Waals surface area contributed by atoms with Gasteiger partial charge in [0.2, 0.25) is 5.91 Å². The van der Waals surface area contributed by atoms with Crippen molar-refractivity contribution < 1.29 is 4.79 Å². The van der Waals surface area contributed by atoms with E-state index in [2.05, 4.69) is 24.0 Å². The van der Waals surface area contributed by atoms with Gasteiger partial charge >= 0.3 is 5.69 Å². The molecule has 1 aromatic heterocycles. The summed E-state index contributed by atoms with van der Waals surface area (Å²) < 4.78 is 1.60. The van der Waals surface area contributed by atoms with E-state index in [1.807, 2.05) is 11.8 Å². The van der Waals surface area contributed by atoms with Crippen molar-refractivity contribution in [3.05, 3.63) is 10.5 Å². The molecule has 1 N–H and O–H groups in total. The summed E-state index contributed by atoms with van der Waals surface area (Å²) in [5.41, 5.74) is -0.202. The van der Waals surface area contributed by atoms with Crippen molar-refractivity contribution in [2.45, 2.75) is 70.2 Å². The first-order chi connectivity index (χ1) is 10.0. The van der Waals surface area contributed by atoms with E-state index in [0.717, 1.165) is 19.3 Å². The van der Waals surface area contributed by atoms with Gasteiger partial charge in [0.25, 0.3) is 0 Å². The number of likely N-dealkylation sites (tertiary alicyclic amines) is 1. The lowest BCUT2D eigenvalue weighted by Gasteiger charge is -2.39. The maximum absolute atomic E-state index is 12.4. The molecule has 0 bridgehead atoms. The van der Waals surface area contributed by atoms with Gasteiger partial charge in [0.15, 0.2) is 5.16 Å². The number of nitrogens with one attached hydrogen (secondary N) is 1. The molecule has 1 amide bonds. The Morgan fingerprint density at radius 3 is 2.67 bits per heavy atom. The third-order valence-corrected chi connectivity index (χ3v) is 4.94. The van der Waals surface area contributed by atoms with E-state index in [0.29, 0.717) is 29.5 Å². The Hall–Kier alpha value is -1.24. The zero-order valence-electron chi connectivity index (χ0n) is 13.0. The number of hydrogen-bond acceptors (Lipinski definition) is 4. The zero-order valence-corrected chi connectivity index (χ0v) is 13.8. The molecule has 2 atom stereocenters. The van der Waals surface area contributed by atoms with Gasteiger partial charge in [0.05, 0.1) is 5.75 Å². The van der Waals surface area contributed by atoms with Crippen LogP contribution in [0.5, 0.6) is 0 Å². The Balaban J connectivity index is 1.99. The molecule has 2 rings (SSSR count). The van der Waals surface area contributed by atoms with Gasteiger partial charge in [-0.1, -0.05) is 18.7 Å². The average molecular weight is 312 g/mol. The molecule has 0 aromatic carbocycles. The summed E-state index contributed by atoms with van der Waals surface area (Å²) in [5, 5.41) is 7.07. The summed E-state index contributed by atoms with van der Waals surface area (Å²) >= 11 is 1.34. The van der Waals surface area contributed by atoms with Crippen molar-refractivity contribution in [2.24, 2.45) is 0 Å². The third-order valence-electron chi connectivity index (χ3n) is 3.98. The van der Waals surface area contributed by atoms with E-state index in [9.17, 15) is 9.59 Å². The number of thioether (sulfide) groups is 1. The molecule has 1 fully saturated rings. The van der Waals surface area contributed by atoms with Crippen LogP contribution in [0.2, 0.25) is 0 Å². The topological polar surface area (TPSA) is 71.0 Å². The number of hydrogen-bond donors (Lipinski definition) is 1. The highest BCUT2D eigenvalue weighted by Crippen LogP contribution is 2.24. The van der Waals surface area contributed by atoms with Crippen LogP contribution in [-0.4, -0.2) is 43.4 Å². The molecule has 1 aliphatic rings. The Labute approximate surface area is 129 Å². The van der Waals surface area contributed by atoms with E-state index in [-0.39, 0.29) is 11.6 Å². The summed E-state index contributed by atoms with van der Waals surface area (Å²) in [6.45, 7) is 6.86. The van der Waals surface area contributed by atoms with E-state index in [4.69, 9.17) is 0 Å². The number of aromatic nitrogens is 3. The van der Waals surface area contributed by atoms with Crippen molar-refractivity contribution >= 4 is 17.7 Å². The fourth-order valence-corrected chi connectivity index (χ4v) is 3.79. The summed E-state index contributed by atoms with van der Waals surface area (Å²) in [6, 6.07) is 0.609. The van der Waals surface area contributed by atoms with Crippen LogP contribution in [0.15, 0.2) is 9.95 Å². The number of nitrogens with zero attached hydrogens (tertiary/aromatic N) is 3. The molecule has 2 heterocycles. The van der Waals surface area contributed by atoms with E-state index in [1.165, 1.54) is 18.2 Å². The maximum atomic E-state index is 12.4. The second kappa shape index (κ2) is 7.15. The van der Waals surface area contributed by atoms with Crippen molar-refractivity contribution in [3.63, 3.8) is 0 Å². The molecule has 7 heteroatoms. The van der Waals surface area contributed by atoms with Crippen molar-refractivity contribution in [1.82, 2.24) is 19.7 Å². The highest BCUT2D eigenvalue weighted by Gasteiger charge is 2.28. The van der Waals surface area contributed by atoms with Gasteiger partial charge in [0.1, 0.15) is 0 Å². The lowest BCUT2D eigenvalue weighted by atomic mass is 9.98. The third kappa shape index (κ3) is 3.70. The van der Waals surface area contributed by atoms with E-state index >= 15 is 0 Å². The number of rotatable bonds is 5. The lowest BCUT2D eigenvalue weighted by Crippen LogP contribution is -2.48. The first-order valence-corrected chi connectivity index (χ1v) is 8.62. The fraction of sp³-hybridized carbons (Fsp3) is 0.786. The zero-order chi connectivity index (χ0) is 15.4. The summed E-state index contributed by atoms with van der Waals surface area (Å²) in [6.07, 6.45) is 4.20. The van der Waals surface area contributed by atoms with Crippen LogP contribution < -0.4 is 5.69 Å². The summed E-state index contributed by atoms with van der Waals surface area (Å²) in [5.74, 6) is 0.473. The molecule has 118 valence electrons. The molecular formula is C14H24N4O2S. The maximum Gasteiger partial charge on any atom is 0.343 e. The predicted molar refractivity (Wildman–Crippen MR) is 83.5 cm³/mol. The molecule has 6 nitrogen and oxygen atoms in total. The second-order valence-electron chi connectivity index (χ2n) is 5.68. The molecule has 21 heavy (non-hydrogen) atoms. The predicted octanol–water partition coefficient (Wildman–Crippen LogP) is 1.86. The number of piperidine rings is 1. The number of carbonyl (C=O) groups excluding carboxylic acids is 1. The van der Waals surface area contributed by atoms with Gasteiger partial charge in [-0.3, -0.25) is 9.36 Å². The number of aromatic amines is 1. The second-order valence-corrected chi connectivity index (χ2v) is 6.62. The molecule has 1 saturated heterocycles. The van der Waals surface area contributed by atoms with E-state index < -0.39 is 0 Å².